The number of carboxylic acid groups (broad SMARTS) is 1. The molecule has 1 N–H and O–H groups in total. The molecule has 20 heavy (non-hydrogen) atoms. The van der Waals surface area contributed by atoms with E-state index in [0.29, 0.717) is 6.42 Å². The van der Waals surface area contributed by atoms with Gasteiger partial charge >= 0.3 is 5.97 Å². The van der Waals surface area contributed by atoms with Crippen LogP contribution in [0.2, 0.25) is 0 Å². The molecule has 0 amide bonds. The van der Waals surface area contributed by atoms with Gasteiger partial charge in [0.2, 0.25) is 10.0 Å². The smallest absolute Gasteiger partial charge is 0.337 e. The molecule has 0 bridgehead atoms. The number of nitrogens with zero attached hydrogens (tertiary/aromatic N) is 2. The molecule has 0 saturated heterocycles. The van der Waals surface area contributed by atoms with Gasteiger partial charge < -0.3 is 5.11 Å². The maximum Gasteiger partial charge on any atom is 0.337 e. The molecule has 0 atom stereocenters. The molecule has 0 radical (unpaired) electrons. The SMILES string of the molecule is CCCN(C)S(=O)(=O)c1ccc([N+](=O)[O-])cc1C(=O)O. The summed E-state index contributed by atoms with van der Waals surface area (Å²) in [4.78, 5) is 20.5. The van der Waals surface area contributed by atoms with Crippen LogP contribution < -0.4 is 0 Å². The first-order valence-corrected chi connectivity index (χ1v) is 7.14. The Labute approximate surface area is 115 Å². The lowest BCUT2D eigenvalue weighted by molar-refractivity contribution is -0.384. The van der Waals surface area contributed by atoms with Crippen molar-refractivity contribution in [1.29, 1.82) is 0 Å². The number of hydrogen-bond acceptors (Lipinski definition) is 5. The van der Waals surface area contributed by atoms with Gasteiger partial charge in [0.15, 0.2) is 0 Å². The molecule has 0 aliphatic carbocycles. The molecule has 0 aliphatic heterocycles. The van der Waals surface area contributed by atoms with Crippen molar-refractivity contribution < 1.29 is 23.2 Å². The quantitative estimate of drug-likeness (QED) is 0.625. The van der Waals surface area contributed by atoms with Crippen LogP contribution >= 0.6 is 0 Å². The number of carboxylic acids is 1. The van der Waals surface area contributed by atoms with Crippen molar-refractivity contribution in [1.82, 2.24) is 4.31 Å². The lowest BCUT2D eigenvalue weighted by Crippen LogP contribution is -2.29. The summed E-state index contributed by atoms with van der Waals surface area (Å²) in [5, 5.41) is 19.7. The summed E-state index contributed by atoms with van der Waals surface area (Å²) in [6.45, 7) is 2.00. The number of nitro groups is 1. The number of hydrogen-bond donors (Lipinski definition) is 1. The second kappa shape index (κ2) is 5.97. The van der Waals surface area contributed by atoms with Gasteiger partial charge in [0.1, 0.15) is 0 Å². The lowest BCUT2D eigenvalue weighted by Gasteiger charge is -2.17. The third-order valence-corrected chi connectivity index (χ3v) is 4.55. The third-order valence-electron chi connectivity index (χ3n) is 2.63. The molecule has 0 fully saturated rings. The molecule has 1 aromatic carbocycles. The van der Waals surface area contributed by atoms with Crippen molar-refractivity contribution in [2.75, 3.05) is 13.6 Å². The van der Waals surface area contributed by atoms with E-state index in [0.717, 1.165) is 22.5 Å². The second-order valence-electron chi connectivity index (χ2n) is 4.07. The molecule has 0 unspecified atom stereocenters. The van der Waals surface area contributed by atoms with Crippen LogP contribution in [-0.4, -0.2) is 42.3 Å². The summed E-state index contributed by atoms with van der Waals surface area (Å²) in [6.07, 6.45) is 0.561. The molecule has 1 rings (SSSR count). The summed E-state index contributed by atoms with van der Waals surface area (Å²) in [6, 6.07) is 2.66. The van der Waals surface area contributed by atoms with E-state index in [1.807, 2.05) is 0 Å². The molecule has 0 heterocycles. The summed E-state index contributed by atoms with van der Waals surface area (Å²) < 4.78 is 25.5. The van der Waals surface area contributed by atoms with Gasteiger partial charge in [-0.2, -0.15) is 0 Å². The van der Waals surface area contributed by atoms with E-state index in [1.54, 1.807) is 6.92 Å². The van der Waals surface area contributed by atoms with Crippen LogP contribution in [0.4, 0.5) is 5.69 Å². The Bertz CT molecular complexity index is 640. The number of carbonyl (C=O) groups is 1. The number of rotatable bonds is 6. The Balaban J connectivity index is 3.45. The summed E-state index contributed by atoms with van der Waals surface area (Å²) in [5.41, 5.74) is -1.08. The van der Waals surface area contributed by atoms with Gasteiger partial charge in [-0.3, -0.25) is 10.1 Å². The first kappa shape index (κ1) is 16.1. The van der Waals surface area contributed by atoms with E-state index < -0.39 is 37.1 Å². The average Bonchev–Trinajstić information content (AvgIpc) is 2.38. The normalized spacial score (nSPS) is 11.6. The van der Waals surface area contributed by atoms with E-state index in [4.69, 9.17) is 5.11 Å². The molecule has 9 heteroatoms. The van der Waals surface area contributed by atoms with Crippen molar-refractivity contribution in [3.8, 4) is 0 Å². The van der Waals surface area contributed by atoms with Gasteiger partial charge in [-0.15, -0.1) is 0 Å². The predicted molar refractivity (Wildman–Crippen MR) is 70.2 cm³/mol. The zero-order chi connectivity index (χ0) is 15.5. The van der Waals surface area contributed by atoms with Crippen LogP contribution in [0.15, 0.2) is 23.1 Å². The molecular weight excluding hydrogens is 288 g/mol. The van der Waals surface area contributed by atoms with Gasteiger partial charge in [0.25, 0.3) is 5.69 Å². The molecule has 110 valence electrons. The van der Waals surface area contributed by atoms with Crippen LogP contribution in [-0.2, 0) is 10.0 Å². The van der Waals surface area contributed by atoms with Crippen LogP contribution in [0.1, 0.15) is 23.7 Å². The number of sulfonamides is 1. The van der Waals surface area contributed by atoms with Gasteiger partial charge in [-0.05, 0) is 12.5 Å². The topological polar surface area (TPSA) is 118 Å². The van der Waals surface area contributed by atoms with Crippen LogP contribution in [0.5, 0.6) is 0 Å². The minimum Gasteiger partial charge on any atom is -0.478 e. The van der Waals surface area contributed by atoms with Crippen molar-refractivity contribution in [3.63, 3.8) is 0 Å². The third kappa shape index (κ3) is 3.11. The number of benzene rings is 1. The van der Waals surface area contributed by atoms with Crippen molar-refractivity contribution in [2.45, 2.75) is 18.2 Å². The Morgan fingerprint density at radius 1 is 1.45 bits per heavy atom. The molecule has 1 aromatic rings. The van der Waals surface area contributed by atoms with E-state index in [1.165, 1.54) is 7.05 Å². The first-order valence-electron chi connectivity index (χ1n) is 5.70. The number of aromatic carboxylic acids is 1. The highest BCUT2D eigenvalue weighted by Crippen LogP contribution is 2.24. The minimum absolute atomic E-state index is 0.221. The van der Waals surface area contributed by atoms with Crippen molar-refractivity contribution in [2.24, 2.45) is 0 Å². The van der Waals surface area contributed by atoms with Gasteiger partial charge in [-0.25, -0.2) is 17.5 Å². The standard InChI is InChI=1S/C11H14N2O6S/c1-3-6-12(2)20(18,19)10-5-4-8(13(16)17)7-9(10)11(14)15/h4-5,7H,3,6H2,1-2H3,(H,14,15). The predicted octanol–water partition coefficient (Wildman–Crippen LogP) is 1.32. The fourth-order valence-corrected chi connectivity index (χ4v) is 3.05. The zero-order valence-corrected chi connectivity index (χ0v) is 11.8. The maximum atomic E-state index is 12.2. The Kier molecular flexibility index (Phi) is 4.79. The summed E-state index contributed by atoms with van der Waals surface area (Å²) in [7, 11) is -2.66. The molecule has 0 aliphatic rings. The molecule has 8 nitrogen and oxygen atoms in total. The lowest BCUT2D eigenvalue weighted by atomic mass is 10.2. The molecule has 0 aromatic heterocycles. The first-order chi connectivity index (χ1) is 9.21. The van der Waals surface area contributed by atoms with Gasteiger partial charge in [0.05, 0.1) is 15.4 Å². The Morgan fingerprint density at radius 3 is 2.50 bits per heavy atom. The Hall–Kier alpha value is -2.00. The summed E-state index contributed by atoms with van der Waals surface area (Å²) in [5.74, 6) is -1.53. The maximum absolute atomic E-state index is 12.2. The van der Waals surface area contributed by atoms with E-state index in [2.05, 4.69) is 0 Å². The molecule has 0 saturated carbocycles. The van der Waals surface area contributed by atoms with E-state index in [9.17, 15) is 23.3 Å². The fraction of sp³-hybridized carbons (Fsp3) is 0.364. The highest BCUT2D eigenvalue weighted by Gasteiger charge is 2.28. The van der Waals surface area contributed by atoms with E-state index in [-0.39, 0.29) is 6.54 Å². The number of nitro benzene ring substituents is 1. The van der Waals surface area contributed by atoms with Crippen molar-refractivity contribution >= 4 is 21.7 Å². The number of non-ortho nitro benzene ring substituents is 1. The van der Waals surface area contributed by atoms with Crippen LogP contribution in [0.25, 0.3) is 0 Å². The molecular formula is C11H14N2O6S. The highest BCUT2D eigenvalue weighted by atomic mass is 32.2. The van der Waals surface area contributed by atoms with Crippen LogP contribution in [0.3, 0.4) is 0 Å². The minimum atomic E-state index is -3.99. The zero-order valence-electron chi connectivity index (χ0n) is 10.9. The second-order valence-corrected chi connectivity index (χ2v) is 6.08. The van der Waals surface area contributed by atoms with Gasteiger partial charge in [0, 0.05) is 25.7 Å². The average molecular weight is 302 g/mol. The van der Waals surface area contributed by atoms with E-state index >= 15 is 0 Å². The Morgan fingerprint density at radius 2 is 2.05 bits per heavy atom. The van der Waals surface area contributed by atoms with Gasteiger partial charge in [-0.1, -0.05) is 6.92 Å². The largest absolute Gasteiger partial charge is 0.478 e. The summed E-state index contributed by atoms with van der Waals surface area (Å²) >= 11 is 0. The highest BCUT2D eigenvalue weighted by molar-refractivity contribution is 7.89. The fourth-order valence-electron chi connectivity index (χ4n) is 1.63. The monoisotopic (exact) mass is 302 g/mol. The van der Waals surface area contributed by atoms with Crippen molar-refractivity contribution in [3.05, 3.63) is 33.9 Å². The van der Waals surface area contributed by atoms with Crippen LogP contribution in [0, 0.1) is 10.1 Å². The molecule has 0 spiro atoms.